The molecule has 0 atom stereocenters. The summed E-state index contributed by atoms with van der Waals surface area (Å²) in [5, 5.41) is 1.50. The Labute approximate surface area is 111 Å². The summed E-state index contributed by atoms with van der Waals surface area (Å²) >= 11 is 10.8. The van der Waals surface area contributed by atoms with Crippen molar-refractivity contribution < 1.29 is 0 Å². The molecule has 1 aromatic carbocycles. The fourth-order valence-corrected chi connectivity index (χ4v) is 2.76. The molecule has 0 unspecified atom stereocenters. The minimum Gasteiger partial charge on any atom is -0.399 e. The average Bonchev–Trinajstić information content (AvgIpc) is 2.25. The molecule has 1 aromatic heterocycles. The quantitative estimate of drug-likeness (QED) is 0.843. The fraction of sp³-hybridized carbons (Fsp3) is 0. The summed E-state index contributed by atoms with van der Waals surface area (Å²) in [7, 11) is 0. The molecular weight excluding hydrogens is 308 g/mol. The van der Waals surface area contributed by atoms with Gasteiger partial charge in [-0.25, -0.2) is 4.98 Å². The molecule has 2 aromatic rings. The molecule has 0 saturated heterocycles. The minimum atomic E-state index is 0.619. The molecule has 0 amide bonds. The Morgan fingerprint density at radius 3 is 2.56 bits per heavy atom. The van der Waals surface area contributed by atoms with Crippen molar-refractivity contribution in [2.45, 2.75) is 9.92 Å². The molecule has 2 N–H and O–H groups in total. The second-order valence-electron chi connectivity index (χ2n) is 3.11. The third-order valence-electron chi connectivity index (χ3n) is 1.87. The third kappa shape index (κ3) is 2.90. The molecule has 2 nitrogen and oxygen atoms in total. The van der Waals surface area contributed by atoms with Crippen LogP contribution in [0.25, 0.3) is 0 Å². The molecular formula is C11H8BrClN2S. The van der Waals surface area contributed by atoms with Crippen molar-refractivity contribution in [3.63, 3.8) is 0 Å². The molecule has 0 aliphatic rings. The van der Waals surface area contributed by atoms with Gasteiger partial charge in [-0.2, -0.15) is 0 Å². The summed E-state index contributed by atoms with van der Waals surface area (Å²) < 4.78 is 0.891. The maximum atomic E-state index is 5.82. The van der Waals surface area contributed by atoms with Crippen molar-refractivity contribution in [3.8, 4) is 0 Å². The normalized spacial score (nSPS) is 10.4. The molecule has 0 bridgehead atoms. The summed E-state index contributed by atoms with van der Waals surface area (Å²) in [4.78, 5) is 5.34. The minimum absolute atomic E-state index is 0.619. The monoisotopic (exact) mass is 314 g/mol. The van der Waals surface area contributed by atoms with E-state index in [1.54, 1.807) is 18.0 Å². The van der Waals surface area contributed by atoms with Crippen molar-refractivity contribution in [2.75, 3.05) is 5.73 Å². The molecule has 16 heavy (non-hydrogen) atoms. The van der Waals surface area contributed by atoms with Gasteiger partial charge in [0.15, 0.2) is 0 Å². The summed E-state index contributed by atoms with van der Waals surface area (Å²) in [5.74, 6) is 0. The summed E-state index contributed by atoms with van der Waals surface area (Å²) in [6, 6.07) is 9.48. The lowest BCUT2D eigenvalue weighted by Crippen LogP contribution is -1.84. The number of hydrogen-bond acceptors (Lipinski definition) is 3. The van der Waals surface area contributed by atoms with Gasteiger partial charge in [0.1, 0.15) is 5.03 Å². The Kier molecular flexibility index (Phi) is 3.74. The summed E-state index contributed by atoms with van der Waals surface area (Å²) in [6.45, 7) is 0. The zero-order chi connectivity index (χ0) is 11.5. The zero-order valence-electron chi connectivity index (χ0n) is 8.15. The van der Waals surface area contributed by atoms with Crippen molar-refractivity contribution >= 4 is 45.0 Å². The maximum Gasteiger partial charge on any atom is 0.115 e. The fourth-order valence-electron chi connectivity index (χ4n) is 1.12. The van der Waals surface area contributed by atoms with Crippen LogP contribution in [0.5, 0.6) is 0 Å². The maximum absolute atomic E-state index is 5.82. The van der Waals surface area contributed by atoms with Crippen LogP contribution in [0.15, 0.2) is 50.9 Å². The molecule has 0 fully saturated rings. The Balaban J connectivity index is 2.23. The van der Waals surface area contributed by atoms with E-state index in [9.17, 15) is 0 Å². The highest BCUT2D eigenvalue weighted by Gasteiger charge is 2.04. The Bertz CT molecular complexity index is 502. The van der Waals surface area contributed by atoms with Crippen LogP contribution in [0, 0.1) is 0 Å². The van der Waals surface area contributed by atoms with Crippen molar-refractivity contribution in [1.29, 1.82) is 0 Å². The largest absolute Gasteiger partial charge is 0.399 e. The van der Waals surface area contributed by atoms with E-state index >= 15 is 0 Å². The highest BCUT2D eigenvalue weighted by atomic mass is 79.9. The van der Waals surface area contributed by atoms with Crippen LogP contribution in [-0.2, 0) is 0 Å². The van der Waals surface area contributed by atoms with Gasteiger partial charge in [-0.1, -0.05) is 23.4 Å². The van der Waals surface area contributed by atoms with Gasteiger partial charge in [0.05, 0.1) is 9.50 Å². The van der Waals surface area contributed by atoms with E-state index in [2.05, 4.69) is 20.9 Å². The van der Waals surface area contributed by atoms with Gasteiger partial charge in [-0.05, 0) is 46.3 Å². The van der Waals surface area contributed by atoms with Crippen LogP contribution < -0.4 is 5.73 Å². The number of nitrogens with zero attached hydrogens (tertiary/aromatic N) is 1. The number of benzene rings is 1. The van der Waals surface area contributed by atoms with Crippen LogP contribution >= 0.6 is 39.3 Å². The Morgan fingerprint density at radius 2 is 1.94 bits per heavy atom. The molecule has 1 heterocycles. The number of anilines is 1. The van der Waals surface area contributed by atoms with E-state index in [0.29, 0.717) is 5.02 Å². The second kappa shape index (κ2) is 5.08. The first kappa shape index (κ1) is 11.8. The summed E-state index contributed by atoms with van der Waals surface area (Å²) in [5.41, 5.74) is 6.38. The number of nitrogens with two attached hydrogens (primary N) is 1. The number of nitrogen functional groups attached to an aromatic ring is 1. The van der Waals surface area contributed by atoms with Crippen molar-refractivity contribution in [3.05, 3.63) is 46.0 Å². The van der Waals surface area contributed by atoms with Crippen molar-refractivity contribution in [2.24, 2.45) is 0 Å². The van der Waals surface area contributed by atoms with Crippen LogP contribution in [0.3, 0.4) is 0 Å². The van der Waals surface area contributed by atoms with Crippen LogP contribution in [0.1, 0.15) is 0 Å². The van der Waals surface area contributed by atoms with Gasteiger partial charge >= 0.3 is 0 Å². The predicted molar refractivity (Wildman–Crippen MR) is 71.9 cm³/mol. The molecule has 0 aliphatic carbocycles. The van der Waals surface area contributed by atoms with Gasteiger partial charge in [0.2, 0.25) is 0 Å². The first-order chi connectivity index (χ1) is 7.65. The van der Waals surface area contributed by atoms with Gasteiger partial charge in [0, 0.05) is 16.8 Å². The van der Waals surface area contributed by atoms with E-state index in [4.69, 9.17) is 17.3 Å². The number of pyridine rings is 1. The second-order valence-corrected chi connectivity index (χ2v) is 5.46. The van der Waals surface area contributed by atoms with Gasteiger partial charge in [0.25, 0.3) is 0 Å². The third-order valence-corrected chi connectivity index (χ3v) is 3.97. The number of aromatic nitrogens is 1. The van der Waals surface area contributed by atoms with E-state index in [1.165, 1.54) is 0 Å². The van der Waals surface area contributed by atoms with E-state index in [0.717, 1.165) is 20.1 Å². The average molecular weight is 316 g/mol. The van der Waals surface area contributed by atoms with Crippen LogP contribution in [0.2, 0.25) is 5.02 Å². The van der Waals surface area contributed by atoms with Gasteiger partial charge in [-0.15, -0.1) is 0 Å². The first-order valence-electron chi connectivity index (χ1n) is 4.49. The van der Waals surface area contributed by atoms with Crippen LogP contribution in [0.4, 0.5) is 5.69 Å². The topological polar surface area (TPSA) is 38.9 Å². The first-order valence-corrected chi connectivity index (χ1v) is 6.48. The lowest BCUT2D eigenvalue weighted by atomic mass is 10.3. The SMILES string of the molecule is Nc1ccc(Sc2ncc(Cl)cc2Br)cc1. The highest BCUT2D eigenvalue weighted by molar-refractivity contribution is 9.10. The Hall–Kier alpha value is -0.710. The smallest absolute Gasteiger partial charge is 0.115 e. The zero-order valence-corrected chi connectivity index (χ0v) is 11.3. The number of rotatable bonds is 2. The molecule has 2 rings (SSSR count). The Morgan fingerprint density at radius 1 is 1.25 bits per heavy atom. The molecule has 0 radical (unpaired) electrons. The van der Waals surface area contributed by atoms with E-state index in [-0.39, 0.29) is 0 Å². The van der Waals surface area contributed by atoms with E-state index in [1.807, 2.05) is 30.3 Å². The standard InChI is InChI=1S/C11H8BrClN2S/c12-10-5-7(13)6-15-11(10)16-9-3-1-8(14)2-4-9/h1-6H,14H2. The lowest BCUT2D eigenvalue weighted by molar-refractivity contribution is 1.11. The van der Waals surface area contributed by atoms with Gasteiger partial charge < -0.3 is 5.73 Å². The highest BCUT2D eigenvalue weighted by Crippen LogP contribution is 2.33. The van der Waals surface area contributed by atoms with E-state index < -0.39 is 0 Å². The number of halogens is 2. The molecule has 82 valence electrons. The predicted octanol–water partition coefficient (Wildman–Crippen LogP) is 4.23. The van der Waals surface area contributed by atoms with Gasteiger partial charge in [-0.3, -0.25) is 0 Å². The van der Waals surface area contributed by atoms with Crippen molar-refractivity contribution in [1.82, 2.24) is 4.98 Å². The molecule has 5 heteroatoms. The molecule has 0 spiro atoms. The number of hydrogen-bond donors (Lipinski definition) is 1. The van der Waals surface area contributed by atoms with Crippen LogP contribution in [-0.4, -0.2) is 4.98 Å². The lowest BCUT2D eigenvalue weighted by Gasteiger charge is -2.03. The molecule has 0 aliphatic heterocycles. The molecule has 0 saturated carbocycles. The summed E-state index contributed by atoms with van der Waals surface area (Å²) in [6.07, 6.45) is 1.63.